The van der Waals surface area contributed by atoms with Crippen molar-refractivity contribution in [3.63, 3.8) is 0 Å². The Labute approximate surface area is 185 Å². The lowest BCUT2D eigenvalue weighted by molar-refractivity contribution is -0.132. The van der Waals surface area contributed by atoms with Gasteiger partial charge in [-0.25, -0.2) is 13.1 Å². The molecule has 31 heavy (non-hydrogen) atoms. The molecule has 1 amide bonds. The highest BCUT2D eigenvalue weighted by atomic mass is 32.2. The fourth-order valence-corrected chi connectivity index (χ4v) is 5.09. The summed E-state index contributed by atoms with van der Waals surface area (Å²) in [4.78, 5) is 14.6. The molecule has 0 radical (unpaired) electrons. The second-order valence-corrected chi connectivity index (χ2v) is 9.95. The Kier molecular flexibility index (Phi) is 7.73. The lowest BCUT2D eigenvalue weighted by Crippen LogP contribution is -2.46. The van der Waals surface area contributed by atoms with Crippen molar-refractivity contribution in [1.29, 1.82) is 0 Å². The van der Waals surface area contributed by atoms with E-state index in [4.69, 9.17) is 4.74 Å². The van der Waals surface area contributed by atoms with E-state index in [9.17, 15) is 13.2 Å². The number of likely N-dealkylation sites (tertiary alicyclic amines) is 1. The molecule has 1 saturated heterocycles. The van der Waals surface area contributed by atoms with E-state index in [2.05, 4.69) is 4.72 Å². The maximum absolute atomic E-state index is 12.7. The first kappa shape index (κ1) is 23.3. The third-order valence-electron chi connectivity index (χ3n) is 5.84. The Bertz CT molecular complexity index is 1010. The molecule has 0 bridgehead atoms. The van der Waals surface area contributed by atoms with E-state index in [-0.39, 0.29) is 11.9 Å². The fraction of sp³-hybridized carbons (Fsp3) is 0.458. The van der Waals surface area contributed by atoms with E-state index >= 15 is 0 Å². The number of hydrogen-bond donors (Lipinski definition) is 1. The molecule has 3 rings (SSSR count). The van der Waals surface area contributed by atoms with E-state index < -0.39 is 10.0 Å². The van der Waals surface area contributed by atoms with Gasteiger partial charge in [-0.2, -0.15) is 0 Å². The number of carbonyl (C=O) groups is 1. The highest BCUT2D eigenvalue weighted by molar-refractivity contribution is 7.89. The number of ether oxygens (including phenoxy) is 1. The zero-order chi connectivity index (χ0) is 22.4. The largest absolute Gasteiger partial charge is 0.493 e. The first-order valence-corrected chi connectivity index (χ1v) is 12.3. The molecule has 0 unspecified atom stereocenters. The standard InChI is InChI=1S/C24H32N2O4S/c1-18-10-11-22(17-20(18)3)31(28,29)25-21-12-14-26(15-13-21)24(27)9-6-16-30-23-8-5-4-7-19(23)2/h4-5,7-8,10-11,17,21,25H,6,9,12-16H2,1-3H3. The van der Waals surface area contributed by atoms with E-state index in [1.54, 1.807) is 12.1 Å². The molecule has 1 heterocycles. The number of nitrogens with zero attached hydrogens (tertiary/aromatic N) is 1. The van der Waals surface area contributed by atoms with Crippen LogP contribution in [0.2, 0.25) is 0 Å². The van der Waals surface area contributed by atoms with Crippen molar-refractivity contribution in [3.8, 4) is 5.75 Å². The van der Waals surface area contributed by atoms with Crippen LogP contribution in [-0.4, -0.2) is 45.0 Å². The SMILES string of the molecule is Cc1ccc(S(=O)(=O)NC2CCN(C(=O)CCCOc3ccccc3C)CC2)cc1C. The minimum atomic E-state index is -3.55. The maximum atomic E-state index is 12.7. The predicted octanol–water partition coefficient (Wildman–Crippen LogP) is 3.74. The number of piperidine rings is 1. The number of benzene rings is 2. The molecule has 2 aromatic carbocycles. The van der Waals surface area contributed by atoms with E-state index in [0.717, 1.165) is 22.4 Å². The van der Waals surface area contributed by atoms with Crippen LogP contribution >= 0.6 is 0 Å². The number of nitrogens with one attached hydrogen (secondary N) is 1. The monoisotopic (exact) mass is 444 g/mol. The summed E-state index contributed by atoms with van der Waals surface area (Å²) < 4.78 is 33.9. The van der Waals surface area contributed by atoms with Gasteiger partial charge in [0, 0.05) is 25.6 Å². The van der Waals surface area contributed by atoms with Crippen molar-refractivity contribution in [2.45, 2.75) is 57.4 Å². The molecule has 1 aliphatic rings. The lowest BCUT2D eigenvalue weighted by atomic mass is 10.1. The van der Waals surface area contributed by atoms with Crippen LogP contribution in [0.25, 0.3) is 0 Å². The minimum Gasteiger partial charge on any atom is -0.493 e. The Morgan fingerprint density at radius 2 is 1.74 bits per heavy atom. The van der Waals surface area contributed by atoms with Crippen molar-refractivity contribution in [2.75, 3.05) is 19.7 Å². The lowest BCUT2D eigenvalue weighted by Gasteiger charge is -2.32. The quantitative estimate of drug-likeness (QED) is 0.630. The Balaban J connectivity index is 1.42. The summed E-state index contributed by atoms with van der Waals surface area (Å²) >= 11 is 0. The van der Waals surface area contributed by atoms with Crippen LogP contribution in [0.5, 0.6) is 5.75 Å². The summed E-state index contributed by atoms with van der Waals surface area (Å²) in [5, 5.41) is 0. The molecule has 7 heteroatoms. The van der Waals surface area contributed by atoms with Crippen LogP contribution in [0.3, 0.4) is 0 Å². The number of aryl methyl sites for hydroxylation is 3. The summed E-state index contributed by atoms with van der Waals surface area (Å²) in [5.74, 6) is 0.954. The van der Waals surface area contributed by atoms with Crippen molar-refractivity contribution in [2.24, 2.45) is 0 Å². The van der Waals surface area contributed by atoms with E-state index in [1.165, 1.54) is 0 Å². The second kappa shape index (κ2) is 10.3. The van der Waals surface area contributed by atoms with Crippen LogP contribution in [0.15, 0.2) is 47.4 Å². The highest BCUT2D eigenvalue weighted by Gasteiger charge is 2.26. The molecule has 6 nitrogen and oxygen atoms in total. The molecule has 2 aromatic rings. The first-order valence-electron chi connectivity index (χ1n) is 10.8. The topological polar surface area (TPSA) is 75.7 Å². The maximum Gasteiger partial charge on any atom is 0.240 e. The van der Waals surface area contributed by atoms with Gasteiger partial charge in [-0.05, 0) is 74.9 Å². The smallest absolute Gasteiger partial charge is 0.240 e. The van der Waals surface area contributed by atoms with Crippen molar-refractivity contribution >= 4 is 15.9 Å². The van der Waals surface area contributed by atoms with Gasteiger partial charge in [0.25, 0.3) is 0 Å². The average molecular weight is 445 g/mol. The first-order chi connectivity index (χ1) is 14.8. The summed E-state index contributed by atoms with van der Waals surface area (Å²) in [7, 11) is -3.55. The van der Waals surface area contributed by atoms with Gasteiger partial charge in [0.1, 0.15) is 5.75 Å². The molecule has 0 aromatic heterocycles. The normalized spacial score (nSPS) is 15.1. The third kappa shape index (κ3) is 6.31. The summed E-state index contributed by atoms with van der Waals surface area (Å²) in [5.41, 5.74) is 3.10. The number of para-hydroxylation sites is 1. The summed E-state index contributed by atoms with van der Waals surface area (Å²) in [6.45, 7) is 7.50. The number of amides is 1. The van der Waals surface area contributed by atoms with Crippen molar-refractivity contribution in [3.05, 3.63) is 59.2 Å². The molecule has 0 atom stereocenters. The third-order valence-corrected chi connectivity index (χ3v) is 7.36. The second-order valence-electron chi connectivity index (χ2n) is 8.24. The Morgan fingerprint density at radius 3 is 2.42 bits per heavy atom. The molecule has 168 valence electrons. The van der Waals surface area contributed by atoms with Gasteiger partial charge in [-0.3, -0.25) is 4.79 Å². The summed E-state index contributed by atoms with van der Waals surface area (Å²) in [6, 6.07) is 12.9. The van der Waals surface area contributed by atoms with Gasteiger partial charge in [0.2, 0.25) is 15.9 Å². The van der Waals surface area contributed by atoms with Crippen LogP contribution < -0.4 is 9.46 Å². The summed E-state index contributed by atoms with van der Waals surface area (Å²) in [6.07, 6.45) is 2.34. The van der Waals surface area contributed by atoms with Gasteiger partial charge < -0.3 is 9.64 Å². The van der Waals surface area contributed by atoms with Gasteiger partial charge in [-0.1, -0.05) is 24.3 Å². The predicted molar refractivity (Wildman–Crippen MR) is 122 cm³/mol. The number of sulfonamides is 1. The van der Waals surface area contributed by atoms with Crippen molar-refractivity contribution in [1.82, 2.24) is 9.62 Å². The van der Waals surface area contributed by atoms with E-state index in [0.29, 0.717) is 50.3 Å². The van der Waals surface area contributed by atoms with Gasteiger partial charge in [0.15, 0.2) is 0 Å². The Hall–Kier alpha value is -2.38. The molecular formula is C24H32N2O4S. The molecule has 0 saturated carbocycles. The van der Waals surface area contributed by atoms with Crippen molar-refractivity contribution < 1.29 is 17.9 Å². The van der Waals surface area contributed by atoms with Crippen LogP contribution in [0, 0.1) is 20.8 Å². The fourth-order valence-electron chi connectivity index (χ4n) is 3.70. The zero-order valence-electron chi connectivity index (χ0n) is 18.6. The Morgan fingerprint density at radius 1 is 1.03 bits per heavy atom. The van der Waals surface area contributed by atoms with Gasteiger partial charge in [0.05, 0.1) is 11.5 Å². The highest BCUT2D eigenvalue weighted by Crippen LogP contribution is 2.19. The number of rotatable bonds is 8. The molecule has 0 spiro atoms. The minimum absolute atomic E-state index is 0.101. The number of hydrogen-bond acceptors (Lipinski definition) is 4. The molecule has 1 fully saturated rings. The number of carbonyl (C=O) groups excluding carboxylic acids is 1. The average Bonchev–Trinajstić information content (AvgIpc) is 2.74. The molecule has 1 N–H and O–H groups in total. The van der Waals surface area contributed by atoms with Crippen LogP contribution in [-0.2, 0) is 14.8 Å². The van der Waals surface area contributed by atoms with Gasteiger partial charge >= 0.3 is 0 Å². The van der Waals surface area contributed by atoms with Crippen LogP contribution in [0.4, 0.5) is 0 Å². The van der Waals surface area contributed by atoms with E-state index in [1.807, 2.05) is 56.0 Å². The zero-order valence-corrected chi connectivity index (χ0v) is 19.4. The molecule has 0 aliphatic carbocycles. The van der Waals surface area contributed by atoms with Gasteiger partial charge in [-0.15, -0.1) is 0 Å². The molecule has 1 aliphatic heterocycles. The van der Waals surface area contributed by atoms with Crippen LogP contribution in [0.1, 0.15) is 42.4 Å². The molecular weight excluding hydrogens is 412 g/mol.